The van der Waals surface area contributed by atoms with Gasteiger partial charge in [0.2, 0.25) is 0 Å². The zero-order chi connectivity index (χ0) is 8.81. The zero-order valence-electron chi connectivity index (χ0n) is 7.16. The highest BCUT2D eigenvalue weighted by Gasteiger charge is 2.14. The fourth-order valence-electron chi connectivity index (χ4n) is 1.22. The molecule has 0 amide bonds. The summed E-state index contributed by atoms with van der Waals surface area (Å²) in [6.07, 6.45) is 3.40. The van der Waals surface area contributed by atoms with Crippen molar-refractivity contribution in [1.29, 1.82) is 0 Å². The number of nitrogens with zero attached hydrogens (tertiary/aromatic N) is 1. The van der Waals surface area contributed by atoms with Crippen LogP contribution >= 0.6 is 24.0 Å². The minimum absolute atomic E-state index is 0.273. The summed E-state index contributed by atoms with van der Waals surface area (Å²) >= 11 is 6.93. The summed E-state index contributed by atoms with van der Waals surface area (Å²) in [7, 11) is 0. The maximum atomic E-state index is 8.57. The predicted molar refractivity (Wildman–Crippen MR) is 57.6 cm³/mol. The van der Waals surface area contributed by atoms with Crippen LogP contribution in [0.4, 0.5) is 0 Å². The zero-order valence-corrected chi connectivity index (χ0v) is 8.79. The van der Waals surface area contributed by atoms with Gasteiger partial charge >= 0.3 is 0 Å². The largest absolute Gasteiger partial charge is 0.396 e. The Morgan fingerprint density at radius 3 is 2.67 bits per heavy atom. The Labute approximate surface area is 83.3 Å². The molecule has 1 aliphatic rings. The molecule has 0 aromatic carbocycles. The molecule has 1 saturated heterocycles. The van der Waals surface area contributed by atoms with Crippen LogP contribution in [0.5, 0.6) is 0 Å². The Balaban J connectivity index is 2.10. The molecule has 1 heterocycles. The average Bonchev–Trinajstić information content (AvgIpc) is 2.56. The van der Waals surface area contributed by atoms with Gasteiger partial charge < -0.3 is 10.0 Å². The van der Waals surface area contributed by atoms with Gasteiger partial charge in [-0.05, 0) is 19.3 Å². The Bertz CT molecular complexity index is 146. The molecule has 0 radical (unpaired) electrons. The van der Waals surface area contributed by atoms with Crippen LogP contribution in [0.1, 0.15) is 19.3 Å². The van der Waals surface area contributed by atoms with Crippen LogP contribution in [0.15, 0.2) is 0 Å². The van der Waals surface area contributed by atoms with E-state index in [-0.39, 0.29) is 6.61 Å². The molecule has 0 spiro atoms. The molecule has 1 aliphatic heterocycles. The Hall–Kier alpha value is 0.200. The third kappa shape index (κ3) is 3.29. The van der Waals surface area contributed by atoms with E-state index in [0.717, 1.165) is 29.6 Å². The lowest BCUT2D eigenvalue weighted by atomic mass is 10.4. The van der Waals surface area contributed by atoms with Gasteiger partial charge in [-0.3, -0.25) is 0 Å². The Morgan fingerprint density at radius 1 is 1.42 bits per heavy atom. The molecular formula is C8H15NOS2. The summed E-state index contributed by atoms with van der Waals surface area (Å²) in [6.45, 7) is 2.53. The van der Waals surface area contributed by atoms with Crippen LogP contribution in [0.3, 0.4) is 0 Å². The number of rotatable bonds is 3. The molecule has 0 aromatic heterocycles. The highest BCUT2D eigenvalue weighted by Crippen LogP contribution is 2.16. The van der Waals surface area contributed by atoms with Gasteiger partial charge in [0.05, 0.1) is 0 Å². The minimum Gasteiger partial charge on any atom is -0.396 e. The van der Waals surface area contributed by atoms with Crippen LogP contribution < -0.4 is 0 Å². The number of thiocarbonyl (C=S) groups is 1. The molecule has 4 heteroatoms. The second kappa shape index (κ2) is 5.78. The second-order valence-corrected chi connectivity index (χ2v) is 4.61. The van der Waals surface area contributed by atoms with Crippen molar-refractivity contribution < 1.29 is 5.11 Å². The van der Waals surface area contributed by atoms with Gasteiger partial charge in [-0.2, -0.15) is 0 Å². The number of likely N-dealkylation sites (tertiary alicyclic amines) is 1. The first kappa shape index (κ1) is 10.3. The molecule has 0 saturated carbocycles. The third-order valence-corrected chi connectivity index (χ3v) is 3.50. The summed E-state index contributed by atoms with van der Waals surface area (Å²) in [5.74, 6) is 0.950. The third-order valence-electron chi connectivity index (χ3n) is 1.89. The molecule has 1 rings (SSSR count). The first-order valence-electron chi connectivity index (χ1n) is 4.37. The monoisotopic (exact) mass is 205 g/mol. The van der Waals surface area contributed by atoms with Gasteiger partial charge in [0.1, 0.15) is 4.32 Å². The van der Waals surface area contributed by atoms with Crippen molar-refractivity contribution in [3.8, 4) is 0 Å². The van der Waals surface area contributed by atoms with Crippen LogP contribution in [0, 0.1) is 0 Å². The van der Waals surface area contributed by atoms with E-state index in [4.69, 9.17) is 17.3 Å². The van der Waals surface area contributed by atoms with Crippen molar-refractivity contribution in [3.63, 3.8) is 0 Å². The van der Waals surface area contributed by atoms with Gasteiger partial charge in [0, 0.05) is 25.4 Å². The fourth-order valence-corrected chi connectivity index (χ4v) is 2.46. The van der Waals surface area contributed by atoms with Gasteiger partial charge in [-0.1, -0.05) is 24.0 Å². The van der Waals surface area contributed by atoms with E-state index >= 15 is 0 Å². The summed E-state index contributed by atoms with van der Waals surface area (Å²) in [4.78, 5) is 2.26. The van der Waals surface area contributed by atoms with Crippen molar-refractivity contribution in [2.75, 3.05) is 25.4 Å². The lowest BCUT2D eigenvalue weighted by Gasteiger charge is -2.17. The van der Waals surface area contributed by atoms with Crippen LogP contribution in [0.25, 0.3) is 0 Å². The molecule has 0 aromatic rings. The van der Waals surface area contributed by atoms with E-state index in [0.29, 0.717) is 0 Å². The Kier molecular flexibility index (Phi) is 4.95. The molecule has 12 heavy (non-hydrogen) atoms. The van der Waals surface area contributed by atoms with Crippen molar-refractivity contribution in [2.24, 2.45) is 0 Å². The smallest absolute Gasteiger partial charge is 0.136 e. The van der Waals surface area contributed by atoms with Crippen molar-refractivity contribution in [3.05, 3.63) is 0 Å². The molecule has 2 nitrogen and oxygen atoms in total. The molecule has 1 N–H and O–H groups in total. The Morgan fingerprint density at radius 2 is 2.08 bits per heavy atom. The lowest BCUT2D eigenvalue weighted by molar-refractivity contribution is 0.296. The summed E-state index contributed by atoms with van der Waals surface area (Å²) in [6, 6.07) is 0. The SMILES string of the molecule is OCCCSC(=S)N1CCCC1. The highest BCUT2D eigenvalue weighted by molar-refractivity contribution is 8.22. The van der Waals surface area contributed by atoms with E-state index in [1.807, 2.05) is 0 Å². The molecule has 0 bridgehead atoms. The van der Waals surface area contributed by atoms with Crippen LogP contribution in [-0.2, 0) is 0 Å². The normalized spacial score (nSPS) is 16.9. The van der Waals surface area contributed by atoms with Gasteiger partial charge in [0.15, 0.2) is 0 Å². The minimum atomic E-state index is 0.273. The van der Waals surface area contributed by atoms with Crippen molar-refractivity contribution >= 4 is 28.3 Å². The number of aliphatic hydroxyl groups is 1. The summed E-state index contributed by atoms with van der Waals surface area (Å²) in [5.41, 5.74) is 0. The quantitative estimate of drug-likeness (QED) is 0.557. The average molecular weight is 205 g/mol. The molecule has 0 unspecified atom stereocenters. The number of hydrogen-bond acceptors (Lipinski definition) is 3. The first-order chi connectivity index (χ1) is 5.84. The molecular weight excluding hydrogens is 190 g/mol. The number of hydrogen-bond donors (Lipinski definition) is 1. The number of thioether (sulfide) groups is 1. The summed E-state index contributed by atoms with van der Waals surface area (Å²) < 4.78 is 1.01. The molecule has 0 atom stereocenters. The van der Waals surface area contributed by atoms with Gasteiger partial charge in [-0.25, -0.2) is 0 Å². The van der Waals surface area contributed by atoms with Crippen LogP contribution in [0.2, 0.25) is 0 Å². The van der Waals surface area contributed by atoms with Crippen molar-refractivity contribution in [2.45, 2.75) is 19.3 Å². The van der Waals surface area contributed by atoms with E-state index in [2.05, 4.69) is 4.90 Å². The van der Waals surface area contributed by atoms with Crippen molar-refractivity contribution in [1.82, 2.24) is 4.90 Å². The second-order valence-electron chi connectivity index (χ2n) is 2.89. The standard InChI is InChI=1S/C8H15NOS2/c10-6-3-7-12-8(11)9-4-1-2-5-9/h10H,1-7H2. The van der Waals surface area contributed by atoms with E-state index in [9.17, 15) is 0 Å². The topological polar surface area (TPSA) is 23.5 Å². The van der Waals surface area contributed by atoms with E-state index < -0.39 is 0 Å². The maximum Gasteiger partial charge on any atom is 0.136 e. The lowest BCUT2D eigenvalue weighted by Crippen LogP contribution is -2.23. The predicted octanol–water partition coefficient (Wildman–Crippen LogP) is 1.48. The fraction of sp³-hybridized carbons (Fsp3) is 0.875. The molecule has 0 aliphatic carbocycles. The summed E-state index contributed by atoms with van der Waals surface area (Å²) in [5, 5.41) is 8.57. The van der Waals surface area contributed by atoms with Crippen LogP contribution in [-0.4, -0.2) is 39.8 Å². The molecule has 1 fully saturated rings. The van der Waals surface area contributed by atoms with Gasteiger partial charge in [0.25, 0.3) is 0 Å². The molecule has 70 valence electrons. The number of aliphatic hydroxyl groups excluding tert-OH is 1. The van der Waals surface area contributed by atoms with E-state index in [1.54, 1.807) is 11.8 Å². The maximum absolute atomic E-state index is 8.57. The first-order valence-corrected chi connectivity index (χ1v) is 5.76. The van der Waals surface area contributed by atoms with E-state index in [1.165, 1.54) is 12.8 Å². The highest BCUT2D eigenvalue weighted by atomic mass is 32.2. The van der Waals surface area contributed by atoms with Gasteiger partial charge in [-0.15, -0.1) is 0 Å².